The van der Waals surface area contributed by atoms with Crippen molar-refractivity contribution in [2.75, 3.05) is 5.43 Å². The summed E-state index contributed by atoms with van der Waals surface area (Å²) in [5, 5.41) is 5.81. The number of ketones is 1. The normalized spacial score (nSPS) is 11.0. The molecule has 0 aliphatic heterocycles. The number of hydrogen-bond donors (Lipinski definition) is 1. The summed E-state index contributed by atoms with van der Waals surface area (Å²) in [4.78, 5) is 16.3. The summed E-state index contributed by atoms with van der Waals surface area (Å²) in [6.45, 7) is 5.17. The molecule has 1 aromatic heterocycles. The highest BCUT2D eigenvalue weighted by Crippen LogP contribution is 2.24. The largest absolute Gasteiger partial charge is 0.294 e. The van der Waals surface area contributed by atoms with E-state index in [-0.39, 0.29) is 22.8 Å². The van der Waals surface area contributed by atoms with Gasteiger partial charge in [0.1, 0.15) is 0 Å². The Morgan fingerprint density at radius 2 is 1.95 bits per heavy atom. The van der Waals surface area contributed by atoms with E-state index in [1.165, 1.54) is 18.3 Å². The molecule has 8 heteroatoms. The first kappa shape index (κ1) is 19.1. The average molecular weight is 423 g/mol. The summed E-state index contributed by atoms with van der Waals surface area (Å²) in [6, 6.07) is 5.31. The Kier molecular flexibility index (Phi) is 6.99. The number of nitrogens with zero attached hydrogens (tertiary/aromatic N) is 2. The SMILES string of the molecule is Br.CC(=O)c1sc(N/N=C(\C)c2ccc(Cl)c(Cl)c2)nc1C. The zero-order valence-electron chi connectivity index (χ0n) is 12.1. The number of benzene rings is 1. The van der Waals surface area contributed by atoms with Gasteiger partial charge < -0.3 is 0 Å². The Balaban J connectivity index is 0.00000242. The molecule has 0 unspecified atom stereocenters. The van der Waals surface area contributed by atoms with Crippen molar-refractivity contribution < 1.29 is 4.79 Å². The molecule has 2 rings (SSSR count). The number of halogens is 3. The molecule has 2 aromatic rings. The third kappa shape index (κ3) is 4.52. The maximum absolute atomic E-state index is 11.4. The minimum absolute atomic E-state index is 0. The molecule has 0 amide bonds. The second-order valence-corrected chi connectivity index (χ2v) is 6.24. The summed E-state index contributed by atoms with van der Waals surface area (Å²) in [5.74, 6) is 0.00299. The lowest BCUT2D eigenvalue weighted by Gasteiger charge is -2.03. The number of carbonyl (C=O) groups is 1. The molecule has 1 aromatic carbocycles. The molecule has 0 aliphatic carbocycles. The molecule has 1 N–H and O–H groups in total. The number of anilines is 1. The number of aromatic nitrogens is 1. The molecule has 1 heterocycles. The van der Waals surface area contributed by atoms with E-state index in [0.717, 1.165) is 11.3 Å². The van der Waals surface area contributed by atoms with Gasteiger partial charge in [-0.2, -0.15) is 5.10 Å². The van der Waals surface area contributed by atoms with Gasteiger partial charge in [-0.15, -0.1) is 17.0 Å². The van der Waals surface area contributed by atoms with Gasteiger partial charge in [0.15, 0.2) is 5.78 Å². The quantitative estimate of drug-likeness (QED) is 0.409. The maximum Gasteiger partial charge on any atom is 0.204 e. The number of nitrogens with one attached hydrogen (secondary N) is 1. The van der Waals surface area contributed by atoms with Crippen molar-refractivity contribution in [1.29, 1.82) is 0 Å². The van der Waals surface area contributed by atoms with Crippen LogP contribution in [0.5, 0.6) is 0 Å². The highest BCUT2D eigenvalue weighted by molar-refractivity contribution is 8.93. The van der Waals surface area contributed by atoms with E-state index in [2.05, 4.69) is 15.5 Å². The molecule has 0 bridgehead atoms. The summed E-state index contributed by atoms with van der Waals surface area (Å²) in [6.07, 6.45) is 0. The predicted molar refractivity (Wildman–Crippen MR) is 99.5 cm³/mol. The Morgan fingerprint density at radius 1 is 1.27 bits per heavy atom. The fourth-order valence-corrected chi connectivity index (χ4v) is 2.79. The van der Waals surface area contributed by atoms with E-state index in [1.54, 1.807) is 19.1 Å². The van der Waals surface area contributed by atoms with Gasteiger partial charge in [-0.3, -0.25) is 10.2 Å². The smallest absolute Gasteiger partial charge is 0.204 e. The third-order valence-corrected chi connectivity index (χ3v) is 4.67. The van der Waals surface area contributed by atoms with Gasteiger partial charge in [0.2, 0.25) is 5.13 Å². The molecule has 0 saturated carbocycles. The van der Waals surface area contributed by atoms with Crippen LogP contribution in [0.4, 0.5) is 5.13 Å². The minimum atomic E-state index is 0. The van der Waals surface area contributed by atoms with Gasteiger partial charge in [-0.25, -0.2) is 4.98 Å². The molecule has 22 heavy (non-hydrogen) atoms. The van der Waals surface area contributed by atoms with E-state index in [4.69, 9.17) is 23.2 Å². The standard InChI is InChI=1S/C14H13Cl2N3OS.BrH/c1-7(10-4-5-11(15)12(16)6-10)18-19-14-17-8(2)13(21-14)9(3)20;/h4-6H,1-3H3,(H,17,19);1H/b18-7+;. The second-order valence-electron chi connectivity index (χ2n) is 4.43. The lowest BCUT2D eigenvalue weighted by molar-refractivity contribution is 0.102. The molecular formula is C14H14BrCl2N3OS. The van der Waals surface area contributed by atoms with Gasteiger partial charge in [-0.05, 0) is 31.5 Å². The molecule has 0 saturated heterocycles. The number of hydrazone groups is 1. The van der Waals surface area contributed by atoms with Crippen LogP contribution in [0.2, 0.25) is 10.0 Å². The zero-order chi connectivity index (χ0) is 15.6. The van der Waals surface area contributed by atoms with E-state index >= 15 is 0 Å². The van der Waals surface area contributed by atoms with E-state index in [1.807, 2.05) is 13.0 Å². The molecule has 4 nitrogen and oxygen atoms in total. The fourth-order valence-electron chi connectivity index (χ4n) is 1.69. The number of rotatable bonds is 4. The summed E-state index contributed by atoms with van der Waals surface area (Å²) in [7, 11) is 0. The maximum atomic E-state index is 11.4. The van der Waals surface area contributed by atoms with Crippen molar-refractivity contribution in [2.45, 2.75) is 20.8 Å². The van der Waals surface area contributed by atoms with E-state index in [9.17, 15) is 4.79 Å². The van der Waals surface area contributed by atoms with Crippen LogP contribution in [0.25, 0.3) is 0 Å². The Labute approximate surface area is 153 Å². The first-order valence-corrected chi connectivity index (χ1v) is 7.70. The number of hydrogen-bond acceptors (Lipinski definition) is 5. The van der Waals surface area contributed by atoms with Gasteiger partial charge in [0, 0.05) is 6.92 Å². The number of Topliss-reactive ketones (excluding diaryl/α,β-unsaturated/α-hetero) is 1. The lowest BCUT2D eigenvalue weighted by atomic mass is 10.1. The fraction of sp³-hybridized carbons (Fsp3) is 0.214. The van der Waals surface area contributed by atoms with Crippen LogP contribution >= 0.6 is 51.5 Å². The van der Waals surface area contributed by atoms with Crippen LogP contribution in [-0.4, -0.2) is 16.5 Å². The van der Waals surface area contributed by atoms with Crippen LogP contribution in [0.15, 0.2) is 23.3 Å². The van der Waals surface area contributed by atoms with Crippen LogP contribution in [0.1, 0.15) is 34.8 Å². The highest BCUT2D eigenvalue weighted by atomic mass is 79.9. The minimum Gasteiger partial charge on any atom is -0.294 e. The van der Waals surface area contributed by atoms with E-state index in [0.29, 0.717) is 25.7 Å². The van der Waals surface area contributed by atoms with Gasteiger partial charge >= 0.3 is 0 Å². The van der Waals surface area contributed by atoms with Crippen molar-refractivity contribution >= 4 is 68.1 Å². The van der Waals surface area contributed by atoms with Crippen molar-refractivity contribution in [3.05, 3.63) is 44.4 Å². The van der Waals surface area contributed by atoms with Crippen LogP contribution < -0.4 is 5.43 Å². The number of thiazole rings is 1. The van der Waals surface area contributed by atoms with Crippen molar-refractivity contribution in [1.82, 2.24) is 4.98 Å². The molecule has 0 fully saturated rings. The van der Waals surface area contributed by atoms with Crippen LogP contribution in [-0.2, 0) is 0 Å². The van der Waals surface area contributed by atoms with Gasteiger partial charge in [0.25, 0.3) is 0 Å². The molecule has 0 aliphatic rings. The first-order valence-electron chi connectivity index (χ1n) is 6.12. The summed E-state index contributed by atoms with van der Waals surface area (Å²) >= 11 is 13.1. The van der Waals surface area contributed by atoms with E-state index < -0.39 is 0 Å². The predicted octanol–water partition coefficient (Wildman–Crippen LogP) is 5.37. The van der Waals surface area contributed by atoms with Crippen LogP contribution in [0.3, 0.4) is 0 Å². The summed E-state index contributed by atoms with van der Waals surface area (Å²) in [5.41, 5.74) is 5.17. The second kappa shape index (κ2) is 8.06. The molecule has 0 atom stereocenters. The Hall–Kier alpha value is -0.950. The highest BCUT2D eigenvalue weighted by Gasteiger charge is 2.11. The van der Waals surface area contributed by atoms with Gasteiger partial charge in [-0.1, -0.05) is 40.6 Å². The van der Waals surface area contributed by atoms with Crippen molar-refractivity contribution in [3.63, 3.8) is 0 Å². The molecule has 118 valence electrons. The van der Waals surface area contributed by atoms with Crippen molar-refractivity contribution in [3.8, 4) is 0 Å². The average Bonchev–Trinajstić information content (AvgIpc) is 2.80. The van der Waals surface area contributed by atoms with Crippen molar-refractivity contribution in [2.24, 2.45) is 5.10 Å². The molecule has 0 spiro atoms. The van der Waals surface area contributed by atoms with Gasteiger partial charge in [0.05, 0.1) is 26.3 Å². The Morgan fingerprint density at radius 3 is 2.50 bits per heavy atom. The first-order chi connectivity index (χ1) is 9.88. The monoisotopic (exact) mass is 421 g/mol. The zero-order valence-corrected chi connectivity index (χ0v) is 16.1. The number of carbonyl (C=O) groups excluding carboxylic acids is 1. The number of aryl methyl sites for hydroxylation is 1. The molecule has 0 radical (unpaired) electrons. The third-order valence-electron chi connectivity index (χ3n) is 2.77. The lowest BCUT2D eigenvalue weighted by Crippen LogP contribution is -1.99. The Bertz CT molecular complexity index is 731. The summed E-state index contributed by atoms with van der Waals surface area (Å²) < 4.78 is 0. The topological polar surface area (TPSA) is 54.4 Å². The molecular weight excluding hydrogens is 409 g/mol. The van der Waals surface area contributed by atoms with Crippen LogP contribution in [0, 0.1) is 6.92 Å².